The van der Waals surface area contributed by atoms with E-state index in [2.05, 4.69) is 26.2 Å². The summed E-state index contributed by atoms with van der Waals surface area (Å²) in [5, 5.41) is 1.69. The maximum Gasteiger partial charge on any atom is 0.433 e. The van der Waals surface area contributed by atoms with Gasteiger partial charge in [0.05, 0.1) is 29.1 Å². The maximum atomic E-state index is 14.9. The number of alkyl halides is 7. The van der Waals surface area contributed by atoms with Crippen molar-refractivity contribution in [2.24, 2.45) is 0 Å². The van der Waals surface area contributed by atoms with E-state index in [1.165, 1.54) is 70.7 Å². The summed E-state index contributed by atoms with van der Waals surface area (Å²) in [6.45, 7) is 1.88. The summed E-state index contributed by atoms with van der Waals surface area (Å²) in [5.41, 5.74) is -6.53. The predicted octanol–water partition coefficient (Wildman–Crippen LogP) is 8.14. The fourth-order valence-corrected chi connectivity index (χ4v) is 5.16. The van der Waals surface area contributed by atoms with Crippen molar-refractivity contribution in [1.29, 1.82) is 0 Å². The van der Waals surface area contributed by atoms with Crippen LogP contribution >= 0.6 is 43.5 Å². The number of rotatable bonds is 8. The molecule has 2 amide bonds. The number of benzene rings is 2. The zero-order valence-corrected chi connectivity index (χ0v) is 24.4. The zero-order valence-electron chi connectivity index (χ0n) is 20.4. The average Bonchev–Trinajstić information content (AvgIpc) is 2.89. The van der Waals surface area contributed by atoms with Gasteiger partial charge in [0, 0.05) is 34.5 Å². The number of ether oxygens (including phenoxy) is 1. The molecule has 0 aliphatic carbocycles. The molecule has 0 spiro atoms. The molecule has 214 valence electrons. The highest BCUT2D eigenvalue weighted by Crippen LogP contribution is 2.56. The number of hydrogen-bond acceptors (Lipinski definition) is 4. The first kappa shape index (κ1) is 31.7. The average molecular weight is 718 g/mol. The van der Waals surface area contributed by atoms with Gasteiger partial charge in [0.1, 0.15) is 0 Å². The largest absolute Gasteiger partial charge is 0.494 e. The van der Waals surface area contributed by atoms with Gasteiger partial charge in [-0.3, -0.25) is 14.6 Å². The maximum absolute atomic E-state index is 14.9. The van der Waals surface area contributed by atoms with Crippen molar-refractivity contribution >= 4 is 66.6 Å². The quantitative estimate of drug-likeness (QED) is 0.189. The summed E-state index contributed by atoms with van der Waals surface area (Å²) >= 11 is 10.4. The standard InChI is InChI=1S/C25H18Br2ClF6N3O3/c1-3-37(22(39)13-7-9-35-10-8-13)18-6-4-5-15(20(18)40-2)21(38)36-19-16(26)11-14(12-17(19)28)23(29,24(27,30)31)25(32,33)34/h4-12H,3H2,1-2H3,(H,36,38). The minimum absolute atomic E-state index is 0.0214. The number of pyridine rings is 1. The first-order chi connectivity index (χ1) is 18.6. The normalized spacial score (nSPS) is 13.4. The van der Waals surface area contributed by atoms with Gasteiger partial charge in [-0.05, 0) is 75.2 Å². The fraction of sp³-hybridized carbons (Fsp3) is 0.240. The number of amides is 2. The van der Waals surface area contributed by atoms with E-state index in [0.29, 0.717) is 17.7 Å². The van der Waals surface area contributed by atoms with Crippen LogP contribution in [0.3, 0.4) is 0 Å². The van der Waals surface area contributed by atoms with Crippen molar-refractivity contribution in [2.75, 3.05) is 23.9 Å². The molecule has 40 heavy (non-hydrogen) atoms. The van der Waals surface area contributed by atoms with E-state index in [-0.39, 0.29) is 29.2 Å². The monoisotopic (exact) mass is 715 g/mol. The smallest absolute Gasteiger partial charge is 0.433 e. The van der Waals surface area contributed by atoms with Crippen LogP contribution in [0.2, 0.25) is 5.02 Å². The zero-order chi connectivity index (χ0) is 30.0. The van der Waals surface area contributed by atoms with Gasteiger partial charge < -0.3 is 15.0 Å². The van der Waals surface area contributed by atoms with Gasteiger partial charge in [-0.1, -0.05) is 17.7 Å². The molecule has 1 aromatic heterocycles. The highest BCUT2D eigenvalue weighted by atomic mass is 79.9. The Morgan fingerprint density at radius 2 is 1.70 bits per heavy atom. The molecule has 1 N–H and O–H groups in total. The first-order valence-corrected chi connectivity index (χ1v) is 13.1. The number of halogens is 9. The van der Waals surface area contributed by atoms with Crippen LogP contribution in [0.1, 0.15) is 33.2 Å². The van der Waals surface area contributed by atoms with Gasteiger partial charge in [-0.15, -0.1) is 0 Å². The van der Waals surface area contributed by atoms with Crippen LogP contribution in [-0.2, 0) is 5.67 Å². The molecule has 0 bridgehead atoms. The first-order valence-electron chi connectivity index (χ1n) is 11.1. The van der Waals surface area contributed by atoms with Crippen molar-refractivity contribution in [3.05, 3.63) is 81.0 Å². The fourth-order valence-electron chi connectivity index (χ4n) is 3.76. The van der Waals surface area contributed by atoms with E-state index in [0.717, 1.165) is 0 Å². The number of nitrogens with zero attached hydrogens (tertiary/aromatic N) is 2. The van der Waals surface area contributed by atoms with Crippen LogP contribution < -0.4 is 15.0 Å². The second-order valence-electron chi connectivity index (χ2n) is 8.07. The number of carbonyl (C=O) groups is 2. The second-order valence-corrected chi connectivity index (χ2v) is 10.3. The molecule has 0 saturated heterocycles. The van der Waals surface area contributed by atoms with Crippen molar-refractivity contribution in [3.63, 3.8) is 0 Å². The Hall–Kier alpha value is -2.84. The molecule has 1 unspecified atom stereocenters. The van der Waals surface area contributed by atoms with Crippen molar-refractivity contribution < 1.29 is 40.7 Å². The van der Waals surface area contributed by atoms with E-state index in [1.54, 1.807) is 6.92 Å². The Morgan fingerprint density at radius 1 is 1.07 bits per heavy atom. The topological polar surface area (TPSA) is 71.5 Å². The molecule has 0 aliphatic heterocycles. The number of anilines is 2. The van der Waals surface area contributed by atoms with Crippen LogP contribution in [0, 0.1) is 0 Å². The van der Waals surface area contributed by atoms with Gasteiger partial charge in [-0.2, -0.15) is 22.0 Å². The van der Waals surface area contributed by atoms with E-state index in [4.69, 9.17) is 16.3 Å². The minimum atomic E-state index is -6.03. The third-order valence-corrected chi connectivity index (χ3v) is 7.15. The molecule has 15 heteroatoms. The Kier molecular flexibility index (Phi) is 9.47. The molecule has 1 atom stereocenters. The summed E-state index contributed by atoms with van der Waals surface area (Å²) in [4.78, 5) is 26.5. The molecule has 3 aromatic rings. The number of aromatic nitrogens is 1. The van der Waals surface area contributed by atoms with Gasteiger partial charge in [-0.25, -0.2) is 4.39 Å². The Labute approximate surface area is 245 Å². The Balaban J connectivity index is 2.02. The van der Waals surface area contributed by atoms with Crippen LogP contribution in [-0.4, -0.2) is 41.5 Å². The minimum Gasteiger partial charge on any atom is -0.494 e. The number of para-hydroxylation sites is 1. The molecular weight excluding hydrogens is 700 g/mol. The highest BCUT2D eigenvalue weighted by molar-refractivity contribution is 9.10. The molecular formula is C25H18Br2ClF6N3O3. The SMILES string of the molecule is CCN(C(=O)c1ccncc1)c1cccc(C(=O)Nc2c(Cl)cc(C(F)(C(F)(F)F)C(F)(F)Br)cc2Br)c1OC. The molecule has 3 rings (SSSR count). The summed E-state index contributed by atoms with van der Waals surface area (Å²) in [5.74, 6) is -1.31. The lowest BCUT2D eigenvalue weighted by Crippen LogP contribution is -2.49. The number of nitrogens with one attached hydrogen (secondary N) is 1. The van der Waals surface area contributed by atoms with Crippen LogP contribution in [0.15, 0.2) is 59.3 Å². The van der Waals surface area contributed by atoms with Crippen LogP contribution in [0.4, 0.5) is 37.7 Å². The predicted molar refractivity (Wildman–Crippen MR) is 144 cm³/mol. The van der Waals surface area contributed by atoms with E-state index in [1.807, 2.05) is 0 Å². The van der Waals surface area contributed by atoms with Gasteiger partial charge in [0.15, 0.2) is 5.75 Å². The van der Waals surface area contributed by atoms with Crippen LogP contribution in [0.25, 0.3) is 0 Å². The molecule has 2 aromatic carbocycles. The highest BCUT2D eigenvalue weighted by Gasteiger charge is 2.71. The van der Waals surface area contributed by atoms with Crippen molar-refractivity contribution in [2.45, 2.75) is 23.6 Å². The van der Waals surface area contributed by atoms with Crippen molar-refractivity contribution in [3.8, 4) is 5.75 Å². The van der Waals surface area contributed by atoms with Crippen LogP contribution in [0.5, 0.6) is 5.75 Å². The second kappa shape index (κ2) is 12.0. The number of carbonyl (C=O) groups excluding carboxylic acids is 2. The lowest BCUT2D eigenvalue weighted by atomic mass is 9.95. The van der Waals surface area contributed by atoms with Gasteiger partial charge >= 0.3 is 16.7 Å². The third-order valence-electron chi connectivity index (χ3n) is 5.68. The lowest BCUT2D eigenvalue weighted by molar-refractivity contribution is -0.282. The molecule has 6 nitrogen and oxygen atoms in total. The van der Waals surface area contributed by atoms with E-state index < -0.39 is 43.6 Å². The summed E-state index contributed by atoms with van der Waals surface area (Å²) in [6.07, 6.45) is -3.15. The van der Waals surface area contributed by atoms with E-state index >= 15 is 0 Å². The summed E-state index contributed by atoms with van der Waals surface area (Å²) in [6, 6.07) is 8.14. The molecule has 0 aliphatic rings. The van der Waals surface area contributed by atoms with Gasteiger partial charge in [0.2, 0.25) is 0 Å². The van der Waals surface area contributed by atoms with Crippen molar-refractivity contribution in [1.82, 2.24) is 4.98 Å². The Morgan fingerprint density at radius 3 is 2.20 bits per heavy atom. The molecule has 0 fully saturated rings. The lowest BCUT2D eigenvalue weighted by Gasteiger charge is -2.32. The molecule has 0 radical (unpaired) electrons. The number of hydrogen-bond donors (Lipinski definition) is 1. The molecule has 0 saturated carbocycles. The number of methoxy groups -OCH3 is 1. The third kappa shape index (κ3) is 5.93. The van der Waals surface area contributed by atoms with Gasteiger partial charge in [0.25, 0.3) is 11.8 Å². The van der Waals surface area contributed by atoms with E-state index in [9.17, 15) is 35.9 Å². The Bertz CT molecular complexity index is 1380. The summed E-state index contributed by atoms with van der Waals surface area (Å²) < 4.78 is 87.6. The molecule has 1 heterocycles. The summed E-state index contributed by atoms with van der Waals surface area (Å²) in [7, 11) is 1.26.